The first-order chi connectivity index (χ1) is 9.38. The highest BCUT2D eigenvalue weighted by Gasteiger charge is 2.35. The molecule has 4 rings (SSSR count). The van der Waals surface area contributed by atoms with Crippen LogP contribution in [0.4, 0.5) is 0 Å². The minimum absolute atomic E-state index is 0. The van der Waals surface area contributed by atoms with Crippen LogP contribution in [0.2, 0.25) is 0 Å². The summed E-state index contributed by atoms with van der Waals surface area (Å²) in [6.45, 7) is 5.78. The fourth-order valence-corrected chi connectivity index (χ4v) is 3.98. The summed E-state index contributed by atoms with van der Waals surface area (Å²) in [5, 5.41) is 6.62. The average Bonchev–Trinajstić information content (AvgIpc) is 3.12. The van der Waals surface area contributed by atoms with Crippen molar-refractivity contribution >= 4 is 36.2 Å². The van der Waals surface area contributed by atoms with Gasteiger partial charge in [0.15, 0.2) is 10.8 Å². The molecule has 2 fully saturated rings. The van der Waals surface area contributed by atoms with Crippen LogP contribution in [-0.2, 0) is 6.54 Å². The second-order valence-corrected chi connectivity index (χ2v) is 6.35. The molecule has 0 radical (unpaired) electrons. The molecule has 0 aromatic carbocycles. The number of likely N-dealkylation sites (tertiary alicyclic amines) is 1. The van der Waals surface area contributed by atoms with Crippen LogP contribution in [0.3, 0.4) is 0 Å². The summed E-state index contributed by atoms with van der Waals surface area (Å²) in [6.07, 6.45) is 1.70. The molecule has 2 aromatic heterocycles. The van der Waals surface area contributed by atoms with Gasteiger partial charge in [0.25, 0.3) is 0 Å². The summed E-state index contributed by atoms with van der Waals surface area (Å²) in [5.41, 5.74) is 1.17. The Bertz CT molecular complexity index is 548. The highest BCUT2D eigenvalue weighted by Crippen LogP contribution is 2.29. The molecule has 21 heavy (non-hydrogen) atoms. The van der Waals surface area contributed by atoms with Crippen molar-refractivity contribution in [1.29, 1.82) is 0 Å². The third kappa shape index (κ3) is 3.43. The van der Waals surface area contributed by atoms with E-state index in [4.69, 9.17) is 4.42 Å². The number of rotatable bonds is 3. The molecule has 0 spiro atoms. The van der Waals surface area contributed by atoms with Crippen molar-refractivity contribution in [2.75, 3.05) is 26.2 Å². The van der Waals surface area contributed by atoms with E-state index < -0.39 is 0 Å². The number of aromatic nitrogens is 1. The molecule has 2 aromatic rings. The quantitative estimate of drug-likeness (QED) is 0.926. The Morgan fingerprint density at radius 2 is 2.05 bits per heavy atom. The second kappa shape index (κ2) is 7.11. The van der Waals surface area contributed by atoms with Gasteiger partial charge in [-0.05, 0) is 37.1 Å². The summed E-state index contributed by atoms with van der Waals surface area (Å²) in [6, 6.07) is 3.87. The molecule has 0 amide bonds. The number of hydrogen-bond acceptors (Lipinski definition) is 5. The topological polar surface area (TPSA) is 41.3 Å². The maximum atomic E-state index is 5.39. The smallest absolute Gasteiger partial charge is 0.162 e. The van der Waals surface area contributed by atoms with Gasteiger partial charge < -0.3 is 9.73 Å². The summed E-state index contributed by atoms with van der Waals surface area (Å²) in [5.74, 6) is 2.57. The van der Waals surface area contributed by atoms with Crippen LogP contribution in [0.1, 0.15) is 5.69 Å². The van der Waals surface area contributed by atoms with Gasteiger partial charge in [0, 0.05) is 25.0 Å². The zero-order chi connectivity index (χ0) is 12.7. The van der Waals surface area contributed by atoms with Crippen LogP contribution in [0, 0.1) is 11.8 Å². The van der Waals surface area contributed by atoms with Crippen molar-refractivity contribution in [3.8, 4) is 10.8 Å². The van der Waals surface area contributed by atoms with Crippen LogP contribution in [0.5, 0.6) is 0 Å². The van der Waals surface area contributed by atoms with Gasteiger partial charge in [-0.1, -0.05) is 0 Å². The van der Waals surface area contributed by atoms with Crippen LogP contribution in [0.15, 0.2) is 28.2 Å². The van der Waals surface area contributed by atoms with Crippen molar-refractivity contribution in [3.05, 3.63) is 29.5 Å². The summed E-state index contributed by atoms with van der Waals surface area (Å²) in [4.78, 5) is 7.22. The third-order valence-corrected chi connectivity index (χ3v) is 5.04. The third-order valence-electron chi connectivity index (χ3n) is 4.13. The molecule has 0 unspecified atom stereocenters. The Kier molecular flexibility index (Phi) is 5.68. The minimum atomic E-state index is 0. The van der Waals surface area contributed by atoms with Crippen LogP contribution >= 0.6 is 36.2 Å². The lowest BCUT2D eigenvalue weighted by Gasteiger charge is -2.14. The van der Waals surface area contributed by atoms with E-state index in [1.807, 2.05) is 12.1 Å². The Morgan fingerprint density at radius 1 is 1.29 bits per heavy atom. The molecule has 2 atom stereocenters. The lowest BCUT2D eigenvalue weighted by Crippen LogP contribution is -2.25. The molecule has 2 aliphatic rings. The standard InChI is InChI=1S/C14H17N3OS.2ClH/c1-2-13(18-3-1)14-16-12(9-19-14)8-17-6-10-4-15-5-11(10)7-17;;/h1-3,9-11,15H,4-8H2;2*1H/t10-,11+;;. The number of hydrogen-bond donors (Lipinski definition) is 1. The van der Waals surface area contributed by atoms with Gasteiger partial charge in [-0.15, -0.1) is 36.2 Å². The minimum Gasteiger partial charge on any atom is -0.462 e. The number of nitrogens with zero attached hydrogens (tertiary/aromatic N) is 2. The number of thiazole rings is 1. The van der Waals surface area contributed by atoms with Crippen molar-refractivity contribution in [2.24, 2.45) is 11.8 Å². The van der Waals surface area contributed by atoms with Crippen molar-refractivity contribution in [3.63, 3.8) is 0 Å². The molecule has 0 saturated carbocycles. The van der Waals surface area contributed by atoms with E-state index in [0.29, 0.717) is 0 Å². The largest absolute Gasteiger partial charge is 0.462 e. The number of halogens is 2. The molecule has 7 heteroatoms. The van der Waals surface area contributed by atoms with Crippen LogP contribution < -0.4 is 5.32 Å². The fourth-order valence-electron chi connectivity index (χ4n) is 3.20. The van der Waals surface area contributed by atoms with Crippen LogP contribution in [0.25, 0.3) is 10.8 Å². The summed E-state index contributed by atoms with van der Waals surface area (Å²) < 4.78 is 5.39. The van der Waals surface area contributed by atoms with Crippen molar-refractivity contribution in [1.82, 2.24) is 15.2 Å². The number of furan rings is 1. The predicted octanol–water partition coefficient (Wildman–Crippen LogP) is 2.90. The maximum Gasteiger partial charge on any atom is 0.162 e. The van der Waals surface area contributed by atoms with E-state index >= 15 is 0 Å². The van der Waals surface area contributed by atoms with E-state index in [9.17, 15) is 0 Å². The van der Waals surface area contributed by atoms with Gasteiger partial charge in [-0.2, -0.15) is 0 Å². The SMILES string of the molecule is Cl.Cl.c1coc(-c2nc(CN3C[C@H]4CNC[C@H]4C3)cs2)c1. The van der Waals surface area contributed by atoms with E-state index in [0.717, 1.165) is 29.1 Å². The summed E-state index contributed by atoms with van der Waals surface area (Å²) in [7, 11) is 0. The second-order valence-electron chi connectivity index (χ2n) is 5.49. The van der Waals surface area contributed by atoms with E-state index in [-0.39, 0.29) is 24.8 Å². The normalized spacial score (nSPS) is 24.4. The van der Waals surface area contributed by atoms with E-state index in [1.54, 1.807) is 17.6 Å². The van der Waals surface area contributed by atoms with Gasteiger partial charge in [-0.25, -0.2) is 4.98 Å². The van der Waals surface area contributed by atoms with E-state index in [1.165, 1.54) is 31.9 Å². The van der Waals surface area contributed by atoms with Gasteiger partial charge >= 0.3 is 0 Å². The maximum absolute atomic E-state index is 5.39. The van der Waals surface area contributed by atoms with E-state index in [2.05, 4.69) is 20.6 Å². The monoisotopic (exact) mass is 347 g/mol. The molecule has 116 valence electrons. The lowest BCUT2D eigenvalue weighted by molar-refractivity contribution is 0.302. The molecule has 2 aliphatic heterocycles. The molecule has 2 saturated heterocycles. The number of nitrogens with one attached hydrogen (secondary N) is 1. The Hall–Kier alpha value is -0.590. The van der Waals surface area contributed by atoms with Gasteiger partial charge in [0.05, 0.1) is 12.0 Å². The molecule has 0 aliphatic carbocycles. The molecule has 4 nitrogen and oxygen atoms in total. The first-order valence-electron chi connectivity index (χ1n) is 6.80. The van der Waals surface area contributed by atoms with Gasteiger partial charge in [-0.3, -0.25) is 4.90 Å². The summed E-state index contributed by atoms with van der Waals surface area (Å²) >= 11 is 1.67. The Balaban J connectivity index is 0.000000807. The Labute approximate surface area is 140 Å². The molecular formula is C14H19Cl2N3OS. The molecule has 0 bridgehead atoms. The zero-order valence-corrected chi connectivity index (χ0v) is 14.0. The van der Waals surface area contributed by atoms with Gasteiger partial charge in [0.1, 0.15) is 0 Å². The van der Waals surface area contributed by atoms with Crippen LogP contribution in [-0.4, -0.2) is 36.1 Å². The van der Waals surface area contributed by atoms with Crippen molar-refractivity contribution in [2.45, 2.75) is 6.54 Å². The number of fused-ring (bicyclic) bond motifs is 1. The fraction of sp³-hybridized carbons (Fsp3) is 0.500. The van der Waals surface area contributed by atoms with Gasteiger partial charge in [0.2, 0.25) is 0 Å². The average molecular weight is 348 g/mol. The lowest BCUT2D eigenvalue weighted by atomic mass is 10.0. The highest BCUT2D eigenvalue weighted by molar-refractivity contribution is 7.13. The molecule has 4 heterocycles. The predicted molar refractivity (Wildman–Crippen MR) is 89.4 cm³/mol. The molecular weight excluding hydrogens is 329 g/mol. The first kappa shape index (κ1) is 16.8. The van der Waals surface area contributed by atoms with Crippen molar-refractivity contribution < 1.29 is 4.42 Å². The zero-order valence-electron chi connectivity index (χ0n) is 11.5. The Morgan fingerprint density at radius 3 is 2.71 bits per heavy atom. The first-order valence-corrected chi connectivity index (χ1v) is 7.68. The highest BCUT2D eigenvalue weighted by atomic mass is 35.5. The molecule has 1 N–H and O–H groups in total.